The highest BCUT2D eigenvalue weighted by atomic mass is 16.5. The lowest BCUT2D eigenvalue weighted by Crippen LogP contribution is -2.51. The summed E-state index contributed by atoms with van der Waals surface area (Å²) in [6.07, 6.45) is 8.67. The molecule has 142 valence electrons. The van der Waals surface area contributed by atoms with Crippen molar-refractivity contribution in [2.24, 2.45) is 11.8 Å². The number of aromatic nitrogens is 2. The minimum absolute atomic E-state index is 0.00791. The molecule has 26 heavy (non-hydrogen) atoms. The van der Waals surface area contributed by atoms with Gasteiger partial charge in [-0.3, -0.25) is 4.79 Å². The molecule has 0 radical (unpaired) electrons. The average molecular weight is 359 g/mol. The van der Waals surface area contributed by atoms with Gasteiger partial charge in [-0.15, -0.1) is 0 Å². The molecule has 4 rings (SSSR count). The lowest BCUT2D eigenvalue weighted by molar-refractivity contribution is -0.149. The third-order valence-electron chi connectivity index (χ3n) is 5.67. The summed E-state index contributed by atoms with van der Waals surface area (Å²) in [7, 11) is 0. The first-order chi connectivity index (χ1) is 12.8. The van der Waals surface area contributed by atoms with Crippen molar-refractivity contribution < 1.29 is 9.53 Å². The largest absolute Gasteiger partial charge is 0.365 e. The predicted octanol–water partition coefficient (Wildman–Crippen LogP) is 1.24. The van der Waals surface area contributed by atoms with Gasteiger partial charge in [-0.2, -0.15) is 0 Å². The van der Waals surface area contributed by atoms with Gasteiger partial charge in [0, 0.05) is 38.6 Å². The number of likely N-dealkylation sites (tertiary alicyclic amines) is 1. The van der Waals surface area contributed by atoms with E-state index in [1.54, 1.807) is 18.5 Å². The molecule has 3 aliphatic rings. The number of hydrogen-bond donors (Lipinski definition) is 1. The molecule has 1 unspecified atom stereocenters. The average Bonchev–Trinajstić information content (AvgIpc) is 3.49. The molecule has 3 heterocycles. The van der Waals surface area contributed by atoms with Gasteiger partial charge in [0.25, 0.3) is 0 Å². The summed E-state index contributed by atoms with van der Waals surface area (Å²) in [6, 6.07) is 1.79. The Bertz CT molecular complexity index is 587. The smallest absolute Gasteiger partial charge is 0.248 e. The van der Waals surface area contributed by atoms with E-state index in [2.05, 4.69) is 20.2 Å². The number of nitrogens with one attached hydrogen (secondary N) is 1. The Balaban J connectivity index is 1.21. The van der Waals surface area contributed by atoms with Crippen molar-refractivity contribution in [2.75, 3.05) is 51.2 Å². The van der Waals surface area contributed by atoms with E-state index in [0.29, 0.717) is 25.0 Å². The Kier molecular flexibility index (Phi) is 5.65. The number of piperidine rings is 1. The Hall–Kier alpha value is -1.73. The van der Waals surface area contributed by atoms with Crippen LogP contribution in [0.4, 0.5) is 5.95 Å². The maximum Gasteiger partial charge on any atom is 0.248 e. The SMILES string of the molecule is O=C1COC(CNc2ncccn2)CN1CC1CCN(CC2CC2)CC1. The molecule has 1 atom stereocenters. The molecule has 1 aliphatic carbocycles. The van der Waals surface area contributed by atoms with Gasteiger partial charge in [0.05, 0.1) is 6.10 Å². The summed E-state index contributed by atoms with van der Waals surface area (Å²) in [5.74, 6) is 2.31. The molecule has 7 nitrogen and oxygen atoms in total. The third kappa shape index (κ3) is 4.92. The zero-order valence-electron chi connectivity index (χ0n) is 15.3. The second-order valence-electron chi connectivity index (χ2n) is 7.87. The highest BCUT2D eigenvalue weighted by Crippen LogP contribution is 2.31. The number of nitrogens with zero attached hydrogens (tertiary/aromatic N) is 4. The van der Waals surface area contributed by atoms with Crippen LogP contribution in [-0.4, -0.2) is 77.7 Å². The van der Waals surface area contributed by atoms with Crippen LogP contribution in [0.3, 0.4) is 0 Å². The van der Waals surface area contributed by atoms with Gasteiger partial charge < -0.3 is 19.9 Å². The molecule has 1 aromatic rings. The molecular formula is C19H29N5O2. The van der Waals surface area contributed by atoms with Gasteiger partial charge in [-0.1, -0.05) is 0 Å². The summed E-state index contributed by atoms with van der Waals surface area (Å²) in [5, 5.41) is 3.19. The van der Waals surface area contributed by atoms with Crippen molar-refractivity contribution >= 4 is 11.9 Å². The van der Waals surface area contributed by atoms with E-state index in [4.69, 9.17) is 4.74 Å². The van der Waals surface area contributed by atoms with Crippen molar-refractivity contribution in [3.05, 3.63) is 18.5 Å². The first-order valence-electron chi connectivity index (χ1n) is 9.89. The maximum atomic E-state index is 12.3. The van der Waals surface area contributed by atoms with Gasteiger partial charge in [-0.05, 0) is 56.7 Å². The topological polar surface area (TPSA) is 70.6 Å². The molecular weight excluding hydrogens is 330 g/mol. The second kappa shape index (κ2) is 8.31. The van der Waals surface area contributed by atoms with E-state index >= 15 is 0 Å². The molecule has 0 aromatic carbocycles. The maximum absolute atomic E-state index is 12.3. The van der Waals surface area contributed by atoms with Gasteiger partial charge in [0.15, 0.2) is 0 Å². The molecule has 2 saturated heterocycles. The van der Waals surface area contributed by atoms with Crippen LogP contribution in [0.25, 0.3) is 0 Å². The van der Waals surface area contributed by atoms with E-state index in [1.807, 2.05) is 4.90 Å². The Morgan fingerprint density at radius 2 is 1.81 bits per heavy atom. The normalized spacial score (nSPS) is 25.5. The van der Waals surface area contributed by atoms with Crippen LogP contribution in [0.1, 0.15) is 25.7 Å². The van der Waals surface area contributed by atoms with Crippen LogP contribution in [0, 0.1) is 11.8 Å². The lowest BCUT2D eigenvalue weighted by atomic mass is 9.95. The number of carbonyl (C=O) groups excluding carboxylic acids is 1. The highest BCUT2D eigenvalue weighted by molar-refractivity contribution is 5.78. The van der Waals surface area contributed by atoms with Gasteiger partial charge in [0.1, 0.15) is 6.61 Å². The van der Waals surface area contributed by atoms with Gasteiger partial charge in [0.2, 0.25) is 11.9 Å². The van der Waals surface area contributed by atoms with E-state index in [0.717, 1.165) is 12.5 Å². The van der Waals surface area contributed by atoms with Crippen LogP contribution in [0.5, 0.6) is 0 Å². The Labute approximate surface area is 155 Å². The van der Waals surface area contributed by atoms with Crippen LogP contribution in [0.2, 0.25) is 0 Å². The van der Waals surface area contributed by atoms with Crippen LogP contribution in [0.15, 0.2) is 18.5 Å². The number of rotatable bonds is 7. The van der Waals surface area contributed by atoms with Gasteiger partial charge >= 0.3 is 0 Å². The minimum atomic E-state index is -0.00791. The van der Waals surface area contributed by atoms with Crippen molar-refractivity contribution in [3.8, 4) is 0 Å². The van der Waals surface area contributed by atoms with Crippen LogP contribution < -0.4 is 5.32 Å². The third-order valence-corrected chi connectivity index (χ3v) is 5.67. The molecule has 1 aromatic heterocycles. The summed E-state index contributed by atoms with van der Waals surface area (Å²) in [5.41, 5.74) is 0. The Morgan fingerprint density at radius 1 is 1.08 bits per heavy atom. The molecule has 1 N–H and O–H groups in total. The number of anilines is 1. The summed E-state index contributed by atoms with van der Waals surface area (Å²) in [6.45, 7) is 6.00. The first-order valence-corrected chi connectivity index (χ1v) is 9.89. The number of morpholine rings is 1. The van der Waals surface area contributed by atoms with Crippen LogP contribution >= 0.6 is 0 Å². The van der Waals surface area contributed by atoms with Crippen molar-refractivity contribution in [3.63, 3.8) is 0 Å². The predicted molar refractivity (Wildman–Crippen MR) is 98.7 cm³/mol. The molecule has 0 bridgehead atoms. The number of amides is 1. The molecule has 7 heteroatoms. The Morgan fingerprint density at radius 3 is 2.54 bits per heavy atom. The van der Waals surface area contributed by atoms with E-state index < -0.39 is 0 Å². The lowest BCUT2D eigenvalue weighted by Gasteiger charge is -2.38. The van der Waals surface area contributed by atoms with Crippen molar-refractivity contribution in [2.45, 2.75) is 31.8 Å². The number of hydrogen-bond acceptors (Lipinski definition) is 6. The van der Waals surface area contributed by atoms with Gasteiger partial charge in [-0.25, -0.2) is 9.97 Å². The minimum Gasteiger partial charge on any atom is -0.365 e. The van der Waals surface area contributed by atoms with Crippen molar-refractivity contribution in [1.82, 2.24) is 19.8 Å². The summed E-state index contributed by atoms with van der Waals surface area (Å²) < 4.78 is 5.68. The second-order valence-corrected chi connectivity index (χ2v) is 7.87. The van der Waals surface area contributed by atoms with E-state index in [1.165, 1.54) is 45.3 Å². The molecule has 3 fully saturated rings. The fourth-order valence-electron chi connectivity index (χ4n) is 3.90. The summed E-state index contributed by atoms with van der Waals surface area (Å²) >= 11 is 0. The summed E-state index contributed by atoms with van der Waals surface area (Å²) in [4.78, 5) is 25.2. The standard InChI is InChI=1S/C19H29N5O2/c25-18-14-26-17(10-22-19-20-6-1-7-21-19)13-24(18)12-16-4-8-23(9-5-16)11-15-2-3-15/h1,6-7,15-17H,2-5,8-14H2,(H,20,21,22). The molecule has 2 aliphatic heterocycles. The highest BCUT2D eigenvalue weighted by Gasteiger charge is 2.31. The van der Waals surface area contributed by atoms with E-state index in [-0.39, 0.29) is 18.6 Å². The monoisotopic (exact) mass is 359 g/mol. The van der Waals surface area contributed by atoms with Crippen LogP contribution in [-0.2, 0) is 9.53 Å². The molecule has 1 saturated carbocycles. The first kappa shape index (κ1) is 17.7. The molecule has 0 spiro atoms. The number of carbonyl (C=O) groups is 1. The molecule has 1 amide bonds. The zero-order chi connectivity index (χ0) is 17.8. The quantitative estimate of drug-likeness (QED) is 0.790. The van der Waals surface area contributed by atoms with E-state index in [9.17, 15) is 4.79 Å². The fraction of sp³-hybridized carbons (Fsp3) is 0.737. The zero-order valence-corrected chi connectivity index (χ0v) is 15.3. The van der Waals surface area contributed by atoms with Crippen molar-refractivity contribution in [1.29, 1.82) is 0 Å². The number of ether oxygens (including phenoxy) is 1. The fourth-order valence-corrected chi connectivity index (χ4v) is 3.90.